The smallest absolute Gasteiger partial charge is 0.266 e. The number of hydrogen-bond donors (Lipinski definition) is 1. The number of amides is 1. The van der Waals surface area contributed by atoms with Crippen molar-refractivity contribution in [3.8, 4) is 0 Å². The summed E-state index contributed by atoms with van der Waals surface area (Å²) < 4.78 is 0. The molecule has 0 bridgehead atoms. The van der Waals surface area contributed by atoms with Gasteiger partial charge >= 0.3 is 0 Å². The lowest BCUT2D eigenvalue weighted by Crippen LogP contribution is -2.18. The molecule has 0 saturated carbocycles. The first-order valence-electron chi connectivity index (χ1n) is 6.57. The Morgan fingerprint density at radius 1 is 0.952 bits per heavy atom. The summed E-state index contributed by atoms with van der Waals surface area (Å²) in [4.78, 5) is 16.3. The highest BCUT2D eigenvalue weighted by Crippen LogP contribution is 2.11. The summed E-state index contributed by atoms with van der Waals surface area (Å²) in [6.07, 6.45) is 1.60. The van der Waals surface area contributed by atoms with Crippen molar-refractivity contribution in [2.75, 3.05) is 0 Å². The maximum absolute atomic E-state index is 12.0. The van der Waals surface area contributed by atoms with Crippen molar-refractivity contribution in [2.45, 2.75) is 0 Å². The van der Waals surface area contributed by atoms with Gasteiger partial charge in [-0.15, -0.1) is 0 Å². The summed E-state index contributed by atoms with van der Waals surface area (Å²) in [5, 5.41) is 4.94. The topological polar surface area (TPSA) is 54.4 Å². The maximum atomic E-state index is 12.0. The number of fused-ring (bicyclic) bond motifs is 1. The van der Waals surface area contributed by atoms with Gasteiger partial charge in [-0.25, -0.2) is 10.4 Å². The molecule has 0 atom stereocenters. The van der Waals surface area contributed by atoms with Gasteiger partial charge in [-0.3, -0.25) is 4.79 Å². The van der Waals surface area contributed by atoms with Crippen LogP contribution in [0.1, 0.15) is 16.1 Å². The molecule has 3 aromatic rings. The standard InChI is InChI=1S/C17H13N3O/c21-17(20-18-12-13-6-2-1-3-7-13)16-11-10-14-8-4-5-9-15(14)19-16/h1-12H,(H,20,21)/b18-12-. The average Bonchev–Trinajstić information content (AvgIpc) is 2.55. The molecule has 102 valence electrons. The lowest BCUT2D eigenvalue weighted by atomic mass is 10.2. The Morgan fingerprint density at radius 2 is 1.71 bits per heavy atom. The third kappa shape index (κ3) is 3.12. The summed E-state index contributed by atoms with van der Waals surface area (Å²) in [5.74, 6) is -0.326. The highest BCUT2D eigenvalue weighted by Gasteiger charge is 2.06. The zero-order valence-corrected chi connectivity index (χ0v) is 11.2. The van der Waals surface area contributed by atoms with Crippen molar-refractivity contribution in [3.05, 3.63) is 78.0 Å². The van der Waals surface area contributed by atoms with Crippen LogP contribution in [0.4, 0.5) is 0 Å². The molecule has 1 heterocycles. The minimum atomic E-state index is -0.326. The Balaban J connectivity index is 1.73. The number of carbonyl (C=O) groups excluding carboxylic acids is 1. The van der Waals surface area contributed by atoms with Crippen molar-refractivity contribution in [1.29, 1.82) is 0 Å². The first kappa shape index (κ1) is 13.0. The largest absolute Gasteiger partial charge is 0.289 e. The van der Waals surface area contributed by atoms with Crippen LogP contribution in [0, 0.1) is 0 Å². The normalized spacial score (nSPS) is 10.9. The van der Waals surface area contributed by atoms with Gasteiger partial charge in [-0.1, -0.05) is 54.6 Å². The second-order valence-electron chi connectivity index (χ2n) is 4.50. The lowest BCUT2D eigenvalue weighted by Gasteiger charge is -2.01. The van der Waals surface area contributed by atoms with Crippen molar-refractivity contribution < 1.29 is 4.79 Å². The molecule has 0 fully saturated rings. The van der Waals surface area contributed by atoms with Gasteiger partial charge in [-0.2, -0.15) is 5.10 Å². The van der Waals surface area contributed by atoms with Crippen molar-refractivity contribution >= 4 is 23.0 Å². The summed E-state index contributed by atoms with van der Waals surface area (Å²) in [5.41, 5.74) is 4.54. The molecule has 3 rings (SSSR count). The molecule has 2 aromatic carbocycles. The van der Waals surface area contributed by atoms with E-state index < -0.39 is 0 Å². The third-order valence-corrected chi connectivity index (χ3v) is 3.01. The van der Waals surface area contributed by atoms with Gasteiger partial charge in [0.15, 0.2) is 0 Å². The Bertz CT molecular complexity index is 797. The molecule has 4 nitrogen and oxygen atoms in total. The van der Waals surface area contributed by atoms with Gasteiger partial charge in [0, 0.05) is 5.39 Å². The molecule has 0 aliphatic rings. The Hall–Kier alpha value is -3.01. The number of para-hydroxylation sites is 1. The van der Waals surface area contributed by atoms with Crippen molar-refractivity contribution in [2.24, 2.45) is 5.10 Å². The van der Waals surface area contributed by atoms with E-state index in [1.54, 1.807) is 12.3 Å². The predicted octanol–water partition coefficient (Wildman–Crippen LogP) is 3.00. The number of hydrazone groups is 1. The maximum Gasteiger partial charge on any atom is 0.289 e. The van der Waals surface area contributed by atoms with Crippen LogP contribution in [-0.4, -0.2) is 17.1 Å². The number of hydrogen-bond acceptors (Lipinski definition) is 3. The van der Waals surface area contributed by atoms with E-state index in [4.69, 9.17) is 0 Å². The quantitative estimate of drug-likeness (QED) is 0.590. The van der Waals surface area contributed by atoms with Crippen molar-refractivity contribution in [1.82, 2.24) is 10.4 Å². The van der Waals surface area contributed by atoms with Crippen LogP contribution in [0.25, 0.3) is 10.9 Å². The molecule has 1 N–H and O–H groups in total. The Morgan fingerprint density at radius 3 is 2.57 bits per heavy atom. The molecule has 0 radical (unpaired) electrons. The molecule has 0 aliphatic carbocycles. The molecule has 0 aliphatic heterocycles. The average molecular weight is 275 g/mol. The summed E-state index contributed by atoms with van der Waals surface area (Å²) >= 11 is 0. The van der Waals surface area contributed by atoms with Gasteiger partial charge in [0.2, 0.25) is 0 Å². The number of carbonyl (C=O) groups is 1. The van der Waals surface area contributed by atoms with E-state index in [2.05, 4.69) is 15.5 Å². The zero-order valence-electron chi connectivity index (χ0n) is 11.2. The van der Waals surface area contributed by atoms with Crippen LogP contribution >= 0.6 is 0 Å². The SMILES string of the molecule is O=C(N/N=C\c1ccccc1)c1ccc2ccccc2n1. The fourth-order valence-corrected chi connectivity index (χ4v) is 1.95. The molecular formula is C17H13N3O. The molecule has 4 heteroatoms. The molecule has 1 aromatic heterocycles. The molecule has 21 heavy (non-hydrogen) atoms. The summed E-state index contributed by atoms with van der Waals surface area (Å²) in [6.45, 7) is 0. The fraction of sp³-hybridized carbons (Fsp3) is 0. The summed E-state index contributed by atoms with van der Waals surface area (Å²) in [7, 11) is 0. The van der Waals surface area contributed by atoms with E-state index in [1.807, 2.05) is 60.7 Å². The van der Waals surface area contributed by atoms with Crippen LogP contribution in [0.3, 0.4) is 0 Å². The van der Waals surface area contributed by atoms with Gasteiger partial charge in [-0.05, 0) is 17.7 Å². The lowest BCUT2D eigenvalue weighted by molar-refractivity contribution is 0.0950. The Kier molecular flexibility index (Phi) is 3.69. The number of benzene rings is 2. The molecule has 1 amide bonds. The minimum absolute atomic E-state index is 0.326. The second kappa shape index (κ2) is 5.96. The van der Waals surface area contributed by atoms with E-state index in [0.717, 1.165) is 16.5 Å². The first-order chi connectivity index (χ1) is 10.3. The van der Waals surface area contributed by atoms with Gasteiger partial charge in [0.05, 0.1) is 11.7 Å². The van der Waals surface area contributed by atoms with Crippen molar-refractivity contribution in [3.63, 3.8) is 0 Å². The zero-order chi connectivity index (χ0) is 14.5. The highest BCUT2D eigenvalue weighted by atomic mass is 16.2. The monoisotopic (exact) mass is 275 g/mol. The van der Waals surface area contributed by atoms with E-state index in [-0.39, 0.29) is 5.91 Å². The van der Waals surface area contributed by atoms with Crippen LogP contribution in [0.15, 0.2) is 71.8 Å². The van der Waals surface area contributed by atoms with Crippen LogP contribution in [0.5, 0.6) is 0 Å². The molecule has 0 unspecified atom stereocenters. The third-order valence-electron chi connectivity index (χ3n) is 3.01. The van der Waals surface area contributed by atoms with Crippen LogP contribution in [-0.2, 0) is 0 Å². The first-order valence-corrected chi connectivity index (χ1v) is 6.57. The number of nitrogens with one attached hydrogen (secondary N) is 1. The second-order valence-corrected chi connectivity index (χ2v) is 4.50. The molecule has 0 saturated heterocycles. The minimum Gasteiger partial charge on any atom is -0.266 e. The summed E-state index contributed by atoms with van der Waals surface area (Å²) in [6, 6.07) is 20.8. The predicted molar refractivity (Wildman–Crippen MR) is 83.2 cm³/mol. The number of nitrogens with zero attached hydrogens (tertiary/aromatic N) is 2. The fourth-order valence-electron chi connectivity index (χ4n) is 1.95. The number of aromatic nitrogens is 1. The van der Waals surface area contributed by atoms with E-state index in [1.165, 1.54) is 0 Å². The van der Waals surface area contributed by atoms with E-state index in [0.29, 0.717) is 5.69 Å². The number of rotatable bonds is 3. The van der Waals surface area contributed by atoms with E-state index >= 15 is 0 Å². The molecule has 0 spiro atoms. The van der Waals surface area contributed by atoms with Gasteiger partial charge < -0.3 is 0 Å². The number of pyridine rings is 1. The van der Waals surface area contributed by atoms with Crippen LogP contribution < -0.4 is 5.43 Å². The van der Waals surface area contributed by atoms with Crippen LogP contribution in [0.2, 0.25) is 0 Å². The van der Waals surface area contributed by atoms with Gasteiger partial charge in [0.25, 0.3) is 5.91 Å². The van der Waals surface area contributed by atoms with E-state index in [9.17, 15) is 4.79 Å². The van der Waals surface area contributed by atoms with Gasteiger partial charge in [0.1, 0.15) is 5.69 Å². The Labute approximate surface area is 122 Å². The highest BCUT2D eigenvalue weighted by molar-refractivity contribution is 5.95. The molecular weight excluding hydrogens is 262 g/mol.